The lowest BCUT2D eigenvalue weighted by Gasteiger charge is -2.25. The normalized spacial score (nSPS) is 14.3. The summed E-state index contributed by atoms with van der Waals surface area (Å²) >= 11 is 0. The lowest BCUT2D eigenvalue weighted by molar-refractivity contribution is -0.127. The van der Waals surface area contributed by atoms with Crippen LogP contribution in [-0.4, -0.2) is 30.6 Å². The highest BCUT2D eigenvalue weighted by Crippen LogP contribution is 2.21. The van der Waals surface area contributed by atoms with Gasteiger partial charge in [0, 0.05) is 6.54 Å². The second-order valence-electron chi connectivity index (χ2n) is 5.03. The van der Waals surface area contributed by atoms with Crippen molar-refractivity contribution < 1.29 is 14.7 Å². The number of amidine groups is 1. The smallest absolute Gasteiger partial charge is 0.233 e. The summed E-state index contributed by atoms with van der Waals surface area (Å²) in [5.41, 5.74) is 5.68. The Kier molecular flexibility index (Phi) is 6.02. The van der Waals surface area contributed by atoms with Crippen molar-refractivity contribution in [1.29, 1.82) is 0 Å². The molecule has 1 atom stereocenters. The summed E-state index contributed by atoms with van der Waals surface area (Å²) in [5.74, 6) is 0.459. The molecule has 1 amide bonds. The number of hydrogen-bond acceptors (Lipinski definition) is 4. The van der Waals surface area contributed by atoms with Gasteiger partial charge in [-0.15, -0.1) is 0 Å². The molecule has 0 spiro atoms. The second kappa shape index (κ2) is 7.52. The molecule has 0 aliphatic heterocycles. The van der Waals surface area contributed by atoms with Crippen molar-refractivity contribution in [2.24, 2.45) is 16.3 Å². The summed E-state index contributed by atoms with van der Waals surface area (Å²) < 4.78 is 5.15. The van der Waals surface area contributed by atoms with Gasteiger partial charge in [-0.3, -0.25) is 4.79 Å². The number of carbonyl (C=O) groups is 1. The topological polar surface area (TPSA) is 96.9 Å². The largest absolute Gasteiger partial charge is 0.497 e. The fourth-order valence-corrected chi connectivity index (χ4v) is 1.91. The van der Waals surface area contributed by atoms with Crippen LogP contribution >= 0.6 is 0 Å². The van der Waals surface area contributed by atoms with Crippen molar-refractivity contribution in [2.75, 3.05) is 13.7 Å². The van der Waals surface area contributed by atoms with E-state index in [1.165, 1.54) is 0 Å². The monoisotopic (exact) mass is 293 g/mol. The van der Waals surface area contributed by atoms with Crippen LogP contribution in [0, 0.1) is 5.41 Å². The molecule has 1 aromatic carbocycles. The first-order chi connectivity index (χ1) is 9.97. The molecule has 0 bridgehead atoms. The van der Waals surface area contributed by atoms with E-state index in [-0.39, 0.29) is 11.7 Å². The zero-order valence-electron chi connectivity index (χ0n) is 12.7. The maximum Gasteiger partial charge on any atom is 0.233 e. The van der Waals surface area contributed by atoms with Crippen LogP contribution in [-0.2, 0) is 11.2 Å². The molecule has 1 aromatic rings. The molecule has 1 rings (SSSR count). The van der Waals surface area contributed by atoms with Gasteiger partial charge in [0.05, 0.1) is 7.11 Å². The van der Waals surface area contributed by atoms with Gasteiger partial charge in [0.25, 0.3) is 0 Å². The number of hydrogen-bond donors (Lipinski definition) is 3. The van der Waals surface area contributed by atoms with E-state index in [1.807, 2.05) is 31.2 Å². The molecule has 116 valence electrons. The molecule has 0 saturated carbocycles. The number of carbonyl (C=O) groups excluding carboxylic acids is 1. The van der Waals surface area contributed by atoms with E-state index < -0.39 is 5.41 Å². The van der Waals surface area contributed by atoms with Gasteiger partial charge in [-0.1, -0.05) is 24.2 Å². The van der Waals surface area contributed by atoms with Gasteiger partial charge in [0.15, 0.2) is 5.84 Å². The third kappa shape index (κ3) is 4.11. The van der Waals surface area contributed by atoms with Crippen LogP contribution in [0.5, 0.6) is 5.75 Å². The highest BCUT2D eigenvalue weighted by atomic mass is 16.5. The Hall–Kier alpha value is -2.24. The molecular weight excluding hydrogens is 270 g/mol. The van der Waals surface area contributed by atoms with Gasteiger partial charge in [0.1, 0.15) is 11.2 Å². The third-order valence-electron chi connectivity index (χ3n) is 3.71. The fourth-order valence-electron chi connectivity index (χ4n) is 1.91. The quantitative estimate of drug-likeness (QED) is 0.307. The standard InChI is InChI=1S/C15H23N3O3/c1-4-15(2,13(16)18-20)14(19)17-9-8-11-6-5-7-12(10-11)21-3/h5-7,10,20H,4,8-9H2,1-3H3,(H2,16,18)(H,17,19). The summed E-state index contributed by atoms with van der Waals surface area (Å²) in [7, 11) is 1.62. The van der Waals surface area contributed by atoms with Gasteiger partial charge in [-0.05, 0) is 37.5 Å². The summed E-state index contributed by atoms with van der Waals surface area (Å²) in [6, 6.07) is 7.67. The first kappa shape index (κ1) is 16.8. The Morgan fingerprint density at radius 3 is 2.81 bits per heavy atom. The Labute approximate surface area is 125 Å². The van der Waals surface area contributed by atoms with E-state index in [9.17, 15) is 4.79 Å². The third-order valence-corrected chi connectivity index (χ3v) is 3.71. The molecule has 0 aliphatic rings. The van der Waals surface area contributed by atoms with Gasteiger partial charge < -0.3 is 21.0 Å². The molecule has 0 saturated heterocycles. The molecule has 4 N–H and O–H groups in total. The maximum absolute atomic E-state index is 12.2. The molecule has 0 aromatic heterocycles. The zero-order chi connectivity index (χ0) is 15.9. The van der Waals surface area contributed by atoms with Crippen LogP contribution in [0.3, 0.4) is 0 Å². The Bertz CT molecular complexity index is 517. The number of nitrogens with two attached hydrogens (primary N) is 1. The van der Waals surface area contributed by atoms with Crippen LogP contribution in [0.25, 0.3) is 0 Å². The molecule has 0 aliphatic carbocycles. The predicted octanol–water partition coefficient (Wildman–Crippen LogP) is 1.52. The van der Waals surface area contributed by atoms with Crippen molar-refractivity contribution in [3.63, 3.8) is 0 Å². The van der Waals surface area contributed by atoms with E-state index in [1.54, 1.807) is 14.0 Å². The molecule has 0 fully saturated rings. The van der Waals surface area contributed by atoms with Crippen LogP contribution in [0.2, 0.25) is 0 Å². The average Bonchev–Trinajstić information content (AvgIpc) is 2.53. The lowest BCUT2D eigenvalue weighted by Crippen LogP contribution is -2.48. The fraction of sp³-hybridized carbons (Fsp3) is 0.467. The Morgan fingerprint density at radius 2 is 2.24 bits per heavy atom. The van der Waals surface area contributed by atoms with Crippen LogP contribution in [0.4, 0.5) is 0 Å². The number of oxime groups is 1. The number of benzene rings is 1. The molecule has 6 nitrogen and oxygen atoms in total. The summed E-state index contributed by atoms with van der Waals surface area (Å²) in [4.78, 5) is 12.2. The average molecular weight is 293 g/mol. The number of rotatable bonds is 7. The lowest BCUT2D eigenvalue weighted by atomic mass is 9.85. The first-order valence-corrected chi connectivity index (χ1v) is 6.87. The van der Waals surface area contributed by atoms with Crippen molar-refractivity contribution in [2.45, 2.75) is 26.7 Å². The number of nitrogens with one attached hydrogen (secondary N) is 1. The number of amides is 1. The molecule has 21 heavy (non-hydrogen) atoms. The SMILES string of the molecule is CCC(C)(C(=O)NCCc1cccc(OC)c1)/C(N)=N/O. The molecule has 1 unspecified atom stereocenters. The molecule has 6 heteroatoms. The van der Waals surface area contributed by atoms with Crippen LogP contribution in [0.1, 0.15) is 25.8 Å². The van der Waals surface area contributed by atoms with Crippen molar-refractivity contribution >= 4 is 11.7 Å². The van der Waals surface area contributed by atoms with Crippen LogP contribution < -0.4 is 15.8 Å². The number of nitrogens with zero attached hydrogens (tertiary/aromatic N) is 1. The highest BCUT2D eigenvalue weighted by Gasteiger charge is 2.36. The van der Waals surface area contributed by atoms with Crippen molar-refractivity contribution in [1.82, 2.24) is 5.32 Å². The molecular formula is C15H23N3O3. The van der Waals surface area contributed by atoms with E-state index in [2.05, 4.69) is 10.5 Å². The van der Waals surface area contributed by atoms with E-state index in [0.717, 1.165) is 11.3 Å². The Morgan fingerprint density at radius 1 is 1.52 bits per heavy atom. The number of ether oxygens (including phenoxy) is 1. The maximum atomic E-state index is 12.2. The highest BCUT2D eigenvalue weighted by molar-refractivity contribution is 6.06. The minimum atomic E-state index is -0.997. The van der Waals surface area contributed by atoms with Gasteiger partial charge in [-0.2, -0.15) is 0 Å². The van der Waals surface area contributed by atoms with Crippen LogP contribution in [0.15, 0.2) is 29.4 Å². The second-order valence-corrected chi connectivity index (χ2v) is 5.03. The summed E-state index contributed by atoms with van der Waals surface area (Å²) in [5, 5.41) is 14.6. The van der Waals surface area contributed by atoms with Gasteiger partial charge in [0.2, 0.25) is 5.91 Å². The minimum absolute atomic E-state index is 0.0797. The summed E-state index contributed by atoms with van der Waals surface area (Å²) in [6.45, 7) is 3.95. The van der Waals surface area contributed by atoms with Gasteiger partial charge >= 0.3 is 0 Å². The van der Waals surface area contributed by atoms with Gasteiger partial charge in [-0.25, -0.2) is 0 Å². The minimum Gasteiger partial charge on any atom is -0.497 e. The van der Waals surface area contributed by atoms with Crippen molar-refractivity contribution in [3.8, 4) is 5.75 Å². The molecule has 0 heterocycles. The van der Waals surface area contributed by atoms with Crippen molar-refractivity contribution in [3.05, 3.63) is 29.8 Å². The Balaban J connectivity index is 2.60. The van der Waals surface area contributed by atoms with E-state index in [0.29, 0.717) is 19.4 Å². The summed E-state index contributed by atoms with van der Waals surface area (Å²) in [6.07, 6.45) is 1.13. The predicted molar refractivity (Wildman–Crippen MR) is 81.5 cm³/mol. The first-order valence-electron chi connectivity index (χ1n) is 6.87. The molecule has 0 radical (unpaired) electrons. The zero-order valence-corrected chi connectivity index (χ0v) is 12.7. The number of methoxy groups -OCH3 is 1. The van der Waals surface area contributed by atoms with E-state index >= 15 is 0 Å². The van der Waals surface area contributed by atoms with E-state index in [4.69, 9.17) is 15.7 Å².